The molecule has 0 radical (unpaired) electrons. The van der Waals surface area contributed by atoms with Crippen molar-refractivity contribution in [3.05, 3.63) is 95.6 Å². The predicted molar refractivity (Wildman–Crippen MR) is 181 cm³/mol. The van der Waals surface area contributed by atoms with Crippen LogP contribution in [-0.4, -0.2) is 44.2 Å². The summed E-state index contributed by atoms with van der Waals surface area (Å²) in [6.45, 7) is 2.70. The smallest absolute Gasteiger partial charge is 0.203 e. The minimum absolute atomic E-state index is 0.196. The molecule has 10 heteroatoms. The first-order valence-corrected chi connectivity index (χ1v) is 17.1. The van der Waals surface area contributed by atoms with Crippen LogP contribution in [0.4, 0.5) is 4.39 Å². The van der Waals surface area contributed by atoms with E-state index in [9.17, 15) is 0 Å². The van der Waals surface area contributed by atoms with Crippen LogP contribution in [0, 0.1) is 5.82 Å². The lowest BCUT2D eigenvalue weighted by atomic mass is 10.0. The fraction of sp³-hybridized carbons (Fsp3) is 0.316. The van der Waals surface area contributed by atoms with E-state index in [2.05, 4.69) is 77.6 Å². The van der Waals surface area contributed by atoms with Crippen LogP contribution in [0.15, 0.2) is 67.0 Å². The van der Waals surface area contributed by atoms with Crippen LogP contribution < -0.4 is 20.1 Å². The van der Waals surface area contributed by atoms with Gasteiger partial charge in [-0.05, 0) is 93.6 Å². The number of aromatic amines is 2. The number of nitrogens with zero attached hydrogens (tertiary/aromatic N) is 3. The molecule has 7 heterocycles. The zero-order valence-corrected chi connectivity index (χ0v) is 26.5. The van der Waals surface area contributed by atoms with Crippen molar-refractivity contribution >= 4 is 10.9 Å². The molecule has 4 aliphatic rings. The summed E-state index contributed by atoms with van der Waals surface area (Å²) in [6.07, 6.45) is 9.58. The van der Waals surface area contributed by atoms with Gasteiger partial charge in [-0.1, -0.05) is 18.2 Å². The molecule has 2 fully saturated rings. The number of rotatable bonds is 5. The first-order valence-electron chi connectivity index (χ1n) is 17.1. The van der Waals surface area contributed by atoms with Crippen LogP contribution in [0.1, 0.15) is 73.2 Å². The molecule has 10 rings (SSSR count). The number of halogens is 1. The molecule has 1 unspecified atom stereocenters. The third-order valence-corrected chi connectivity index (χ3v) is 10.4. The van der Waals surface area contributed by atoms with Crippen LogP contribution in [0.3, 0.4) is 0 Å². The molecular weight excluding hydrogens is 605 g/mol. The van der Waals surface area contributed by atoms with E-state index in [1.54, 1.807) is 12.3 Å². The molecule has 3 atom stereocenters. The number of fused-ring (bicyclic) bond motifs is 6. The summed E-state index contributed by atoms with van der Waals surface area (Å²) in [5.41, 5.74) is 7.82. The highest BCUT2D eigenvalue weighted by atomic mass is 19.1. The van der Waals surface area contributed by atoms with Crippen LogP contribution in [0.25, 0.3) is 44.7 Å². The van der Waals surface area contributed by atoms with Gasteiger partial charge in [-0.3, -0.25) is 0 Å². The zero-order chi connectivity index (χ0) is 31.8. The lowest BCUT2D eigenvalue weighted by Gasteiger charge is -2.31. The number of aryl methyl sites for hydroxylation is 1. The molecule has 242 valence electrons. The number of aromatic nitrogens is 5. The molecule has 0 spiro atoms. The minimum Gasteiger partial charge on any atom is -0.493 e. The summed E-state index contributed by atoms with van der Waals surface area (Å²) in [5, 5.41) is 8.00. The van der Waals surface area contributed by atoms with Gasteiger partial charge >= 0.3 is 0 Å². The molecule has 0 bridgehead atoms. The van der Waals surface area contributed by atoms with Gasteiger partial charge in [-0.25, -0.2) is 14.4 Å². The third-order valence-electron chi connectivity index (χ3n) is 10.4. The molecule has 4 aliphatic heterocycles. The van der Waals surface area contributed by atoms with Crippen LogP contribution >= 0.6 is 0 Å². The normalized spacial score (nSPS) is 21.5. The number of imidazole rings is 2. The van der Waals surface area contributed by atoms with Crippen LogP contribution in [-0.2, 0) is 6.42 Å². The maximum absolute atomic E-state index is 16.4. The quantitative estimate of drug-likeness (QED) is 0.157. The van der Waals surface area contributed by atoms with E-state index in [1.165, 1.54) is 5.56 Å². The van der Waals surface area contributed by atoms with Crippen molar-refractivity contribution in [1.29, 1.82) is 0 Å². The van der Waals surface area contributed by atoms with E-state index in [1.807, 2.05) is 12.3 Å². The van der Waals surface area contributed by atoms with Crippen molar-refractivity contribution in [2.45, 2.75) is 56.8 Å². The number of ether oxygens (including phenoxy) is 2. The van der Waals surface area contributed by atoms with Crippen molar-refractivity contribution in [3.63, 3.8) is 0 Å². The van der Waals surface area contributed by atoms with Gasteiger partial charge in [0.05, 0.1) is 59.2 Å². The van der Waals surface area contributed by atoms with Crippen molar-refractivity contribution in [1.82, 2.24) is 35.1 Å². The molecule has 6 aromatic rings. The van der Waals surface area contributed by atoms with Crippen molar-refractivity contribution in [3.8, 4) is 45.3 Å². The topological polar surface area (TPSA) is 105 Å². The number of H-pyrrole nitrogens is 2. The van der Waals surface area contributed by atoms with E-state index >= 15 is 4.39 Å². The average molecular weight is 642 g/mol. The molecule has 3 aromatic carbocycles. The first-order chi connectivity index (χ1) is 23.7. The van der Waals surface area contributed by atoms with Gasteiger partial charge in [-0.2, -0.15) is 0 Å². The van der Waals surface area contributed by atoms with E-state index < -0.39 is 6.23 Å². The Bertz CT molecular complexity index is 2190. The maximum Gasteiger partial charge on any atom is 0.203 e. The lowest BCUT2D eigenvalue weighted by Crippen LogP contribution is -2.23. The first kappa shape index (κ1) is 28.1. The summed E-state index contributed by atoms with van der Waals surface area (Å²) < 4.78 is 31.4. The van der Waals surface area contributed by atoms with E-state index in [0.717, 1.165) is 108 Å². The third kappa shape index (κ3) is 4.57. The Kier molecular flexibility index (Phi) is 6.48. The van der Waals surface area contributed by atoms with Gasteiger partial charge in [-0.15, -0.1) is 0 Å². The standard InChI is InChI=1S/C38H36FN7O2/c39-26-15-24(30-20-43-37(45-30)28-6-2-12-41-28)18-34-35(26)32-16-25-14-22(29-19-42-36(44-29)27-5-1-11-40-27)9-10-31(25)46(32)38(48-34)23-8-7-21-4-3-13-47-33(21)17-23/h7-10,14-20,27-28,38,40-41H,1-6,11-13H2,(H,42,44)(H,43,45)/t27-,28-,38?/m0/s1. The van der Waals surface area contributed by atoms with Gasteiger partial charge < -0.3 is 34.6 Å². The average Bonchev–Trinajstić information content (AvgIpc) is 3.95. The van der Waals surface area contributed by atoms with E-state index in [-0.39, 0.29) is 17.9 Å². The second kappa shape index (κ2) is 11.1. The molecule has 9 nitrogen and oxygen atoms in total. The van der Waals surface area contributed by atoms with E-state index in [4.69, 9.17) is 9.47 Å². The fourth-order valence-electron chi connectivity index (χ4n) is 7.98. The highest BCUT2D eigenvalue weighted by Gasteiger charge is 2.33. The molecule has 0 amide bonds. The second-order valence-corrected chi connectivity index (χ2v) is 13.5. The highest BCUT2D eigenvalue weighted by molar-refractivity contribution is 5.92. The second-order valence-electron chi connectivity index (χ2n) is 13.5. The monoisotopic (exact) mass is 641 g/mol. The highest BCUT2D eigenvalue weighted by Crippen LogP contribution is 2.48. The summed E-state index contributed by atoms with van der Waals surface area (Å²) in [6, 6.07) is 18.8. The predicted octanol–water partition coefficient (Wildman–Crippen LogP) is 7.34. The maximum atomic E-state index is 16.4. The molecular formula is C38H36FN7O2. The van der Waals surface area contributed by atoms with Crippen LogP contribution in [0.2, 0.25) is 0 Å². The van der Waals surface area contributed by atoms with Gasteiger partial charge in [0.2, 0.25) is 6.23 Å². The summed E-state index contributed by atoms with van der Waals surface area (Å²) in [7, 11) is 0. The number of hydrogen-bond acceptors (Lipinski definition) is 6. The molecule has 0 aliphatic carbocycles. The summed E-state index contributed by atoms with van der Waals surface area (Å²) in [5.74, 6) is 2.91. The van der Waals surface area contributed by atoms with Crippen molar-refractivity contribution < 1.29 is 13.9 Å². The SMILES string of the molecule is Fc1cc(-c2cnc([C@@H]3CCCN3)[nH]2)cc2c1-c1cc3cc(-c4cnc([C@@H]5CCCN5)[nH]4)ccc3n1C(c1ccc3c(c1)OCCC3)O2. The largest absolute Gasteiger partial charge is 0.493 e. The van der Waals surface area contributed by atoms with Crippen LogP contribution in [0.5, 0.6) is 11.5 Å². The van der Waals surface area contributed by atoms with Gasteiger partial charge in [0.1, 0.15) is 29.0 Å². The number of nitrogens with one attached hydrogen (secondary N) is 4. The van der Waals surface area contributed by atoms with Gasteiger partial charge in [0.25, 0.3) is 0 Å². The zero-order valence-electron chi connectivity index (χ0n) is 26.5. The van der Waals surface area contributed by atoms with Gasteiger partial charge in [0.15, 0.2) is 0 Å². The lowest BCUT2D eigenvalue weighted by molar-refractivity contribution is 0.171. The van der Waals surface area contributed by atoms with Crippen molar-refractivity contribution in [2.75, 3.05) is 19.7 Å². The Balaban J connectivity index is 1.10. The summed E-state index contributed by atoms with van der Waals surface area (Å²) in [4.78, 5) is 16.3. The Morgan fingerprint density at radius 3 is 2.29 bits per heavy atom. The van der Waals surface area contributed by atoms with Crippen molar-refractivity contribution in [2.24, 2.45) is 0 Å². The Hall–Kier alpha value is -4.93. The Labute approximate surface area is 276 Å². The molecule has 0 saturated carbocycles. The molecule has 3 aromatic heterocycles. The fourth-order valence-corrected chi connectivity index (χ4v) is 7.98. The molecule has 48 heavy (non-hydrogen) atoms. The summed E-state index contributed by atoms with van der Waals surface area (Å²) >= 11 is 0. The Morgan fingerprint density at radius 1 is 0.771 bits per heavy atom. The number of benzene rings is 3. The van der Waals surface area contributed by atoms with E-state index in [0.29, 0.717) is 23.5 Å². The number of hydrogen-bond donors (Lipinski definition) is 4. The molecule has 2 saturated heterocycles. The minimum atomic E-state index is -0.520. The van der Waals surface area contributed by atoms with Gasteiger partial charge in [0, 0.05) is 22.1 Å². The Morgan fingerprint density at radius 2 is 1.54 bits per heavy atom. The molecule has 4 N–H and O–H groups in total.